The molecular formula is C48H80O14. The van der Waals surface area contributed by atoms with Crippen molar-refractivity contribution in [3.8, 4) is 0 Å². The number of aliphatic hydroxyl groups is 1. The third-order valence-corrected chi connectivity index (χ3v) is 14.1. The zero-order valence-corrected chi connectivity index (χ0v) is 40.2. The van der Waals surface area contributed by atoms with Gasteiger partial charge in [0.15, 0.2) is 18.9 Å². The Hall–Kier alpha value is -2.81. The van der Waals surface area contributed by atoms with Crippen LogP contribution in [0.1, 0.15) is 180 Å². The van der Waals surface area contributed by atoms with Crippen molar-refractivity contribution in [2.24, 2.45) is 38.9 Å². The molecule has 1 aliphatic heterocycles. The number of carbonyl (C=O) groups is 5. The molecule has 5 fully saturated rings. The quantitative estimate of drug-likeness (QED) is 0.0399. The molecular weight excluding hydrogens is 801 g/mol. The van der Waals surface area contributed by atoms with Crippen LogP contribution in [0.4, 0.5) is 0 Å². The number of esters is 5. The number of hydrogen-bond acceptors (Lipinski definition) is 14. The maximum Gasteiger partial charge on any atom is 0.314 e. The van der Waals surface area contributed by atoms with Crippen molar-refractivity contribution < 1.29 is 67.0 Å². The standard InChI is InChI=1S/C48H80O14/c1-14-18-55-32(5)60-39(51)44(12,16-3)28-45(13,40(52)61-34(7)57-20-17-19-56-33(6)59-37(49)42(8,9)15-2)29-46(22-31(4)58-41(46)53)27-43(10,11)38(50)62-48-25-35-21-36(26-48)24-47(54,23-35)30-48/h31-36,54H,14-30H2,1-13H3. The first kappa shape index (κ1) is 51.8. The zero-order valence-electron chi connectivity index (χ0n) is 40.2. The minimum Gasteiger partial charge on any atom is -0.462 e. The van der Waals surface area contributed by atoms with Gasteiger partial charge >= 0.3 is 29.8 Å². The van der Waals surface area contributed by atoms with E-state index in [0.717, 1.165) is 38.5 Å². The number of hydrogen-bond donors (Lipinski definition) is 1. The summed E-state index contributed by atoms with van der Waals surface area (Å²) in [4.78, 5) is 69.7. The van der Waals surface area contributed by atoms with Crippen LogP contribution < -0.4 is 0 Å². The highest BCUT2D eigenvalue weighted by Crippen LogP contribution is 2.60. The van der Waals surface area contributed by atoms with Gasteiger partial charge < -0.3 is 43.0 Å². The molecule has 62 heavy (non-hydrogen) atoms. The summed E-state index contributed by atoms with van der Waals surface area (Å²) in [7, 11) is 0. The summed E-state index contributed by atoms with van der Waals surface area (Å²) in [6, 6.07) is 0. The van der Waals surface area contributed by atoms with E-state index in [1.807, 2.05) is 34.6 Å². The molecule has 4 bridgehead atoms. The average molecular weight is 881 g/mol. The summed E-state index contributed by atoms with van der Waals surface area (Å²) < 4.78 is 46.7. The van der Waals surface area contributed by atoms with E-state index in [-0.39, 0.29) is 44.9 Å². The van der Waals surface area contributed by atoms with Crippen LogP contribution in [-0.2, 0) is 61.9 Å². The summed E-state index contributed by atoms with van der Waals surface area (Å²) in [5.41, 5.74) is -7.43. The fourth-order valence-electron chi connectivity index (χ4n) is 11.0. The highest BCUT2D eigenvalue weighted by molar-refractivity contribution is 5.85. The van der Waals surface area contributed by atoms with Crippen LogP contribution >= 0.6 is 0 Å². The van der Waals surface area contributed by atoms with Crippen LogP contribution in [0, 0.1) is 38.9 Å². The van der Waals surface area contributed by atoms with Gasteiger partial charge in [-0.25, -0.2) is 0 Å². The molecule has 356 valence electrons. The molecule has 0 amide bonds. The lowest BCUT2D eigenvalue weighted by Gasteiger charge is -2.59. The minimum atomic E-state index is -1.49. The van der Waals surface area contributed by atoms with Crippen molar-refractivity contribution >= 4 is 29.8 Å². The van der Waals surface area contributed by atoms with Crippen molar-refractivity contribution in [2.45, 2.75) is 216 Å². The second-order valence-corrected chi connectivity index (χ2v) is 21.5. The lowest BCUT2D eigenvalue weighted by Crippen LogP contribution is -2.61. The van der Waals surface area contributed by atoms with Crippen LogP contribution in [0.2, 0.25) is 0 Å². The van der Waals surface area contributed by atoms with Crippen LogP contribution in [0.3, 0.4) is 0 Å². The molecule has 9 atom stereocenters. The van der Waals surface area contributed by atoms with Gasteiger partial charge in [0.1, 0.15) is 11.7 Å². The first-order valence-corrected chi connectivity index (χ1v) is 23.3. The molecule has 0 aromatic heterocycles. The molecule has 14 heteroatoms. The van der Waals surface area contributed by atoms with Gasteiger partial charge in [0.25, 0.3) is 0 Å². The number of carbonyl (C=O) groups excluding carboxylic acids is 5. The summed E-state index contributed by atoms with van der Waals surface area (Å²) in [6.45, 7) is 23.8. The number of ether oxygens (including phenoxy) is 8. The van der Waals surface area contributed by atoms with Crippen LogP contribution in [-0.4, -0.2) is 90.9 Å². The zero-order chi connectivity index (χ0) is 46.5. The van der Waals surface area contributed by atoms with Crippen molar-refractivity contribution in [2.75, 3.05) is 19.8 Å². The Morgan fingerprint density at radius 2 is 1.21 bits per heavy atom. The van der Waals surface area contributed by atoms with E-state index in [4.69, 9.17) is 37.9 Å². The third kappa shape index (κ3) is 12.7. The first-order chi connectivity index (χ1) is 28.7. The second-order valence-electron chi connectivity index (χ2n) is 21.5. The molecule has 5 rings (SSSR count). The van der Waals surface area contributed by atoms with E-state index in [2.05, 4.69) is 0 Å². The van der Waals surface area contributed by atoms with Crippen molar-refractivity contribution in [1.82, 2.24) is 0 Å². The number of rotatable bonds is 25. The van der Waals surface area contributed by atoms with Gasteiger partial charge in [0.2, 0.25) is 0 Å². The largest absolute Gasteiger partial charge is 0.462 e. The van der Waals surface area contributed by atoms with E-state index >= 15 is 0 Å². The first-order valence-electron chi connectivity index (χ1n) is 23.3. The SMILES string of the molecule is CCCOC(C)OC(=O)C(C)(CC)CC(C)(CC1(CC(C)(C)C(=O)OC23CC4CC(CC(O)(C4)C2)C3)CC(C)OC1=O)C(=O)OC(C)OCCCOC(C)OC(=O)C(C)(C)CC. The van der Waals surface area contributed by atoms with Gasteiger partial charge in [0.05, 0.1) is 52.5 Å². The number of cyclic esters (lactones) is 1. The fraction of sp³-hybridized carbons (Fsp3) is 0.896. The van der Waals surface area contributed by atoms with Crippen LogP contribution in [0.25, 0.3) is 0 Å². The van der Waals surface area contributed by atoms with Crippen molar-refractivity contribution in [3.05, 3.63) is 0 Å². The molecule has 1 saturated heterocycles. The topological polar surface area (TPSA) is 179 Å². The Bertz CT molecular complexity index is 1580. The van der Waals surface area contributed by atoms with E-state index in [0.29, 0.717) is 44.1 Å². The van der Waals surface area contributed by atoms with Crippen LogP contribution in [0.15, 0.2) is 0 Å². The maximum absolute atomic E-state index is 14.7. The fourth-order valence-corrected chi connectivity index (χ4v) is 11.0. The van der Waals surface area contributed by atoms with Crippen molar-refractivity contribution in [1.29, 1.82) is 0 Å². The van der Waals surface area contributed by atoms with Gasteiger partial charge in [-0.05, 0) is 158 Å². The molecule has 0 aromatic rings. The van der Waals surface area contributed by atoms with Gasteiger partial charge in [-0.2, -0.15) is 0 Å². The molecule has 1 N–H and O–H groups in total. The maximum atomic E-state index is 14.7. The second kappa shape index (κ2) is 20.1. The summed E-state index contributed by atoms with van der Waals surface area (Å²) in [5.74, 6) is -1.95. The molecule has 0 spiro atoms. The molecule has 14 nitrogen and oxygen atoms in total. The Kier molecular flexibility index (Phi) is 16.8. The summed E-state index contributed by atoms with van der Waals surface area (Å²) >= 11 is 0. The van der Waals surface area contributed by atoms with Gasteiger partial charge in [0, 0.05) is 12.8 Å². The Morgan fingerprint density at radius 1 is 0.694 bits per heavy atom. The van der Waals surface area contributed by atoms with E-state index in [9.17, 15) is 29.1 Å². The summed E-state index contributed by atoms with van der Waals surface area (Å²) in [6.07, 6.45) is 3.43. The monoisotopic (exact) mass is 881 g/mol. The molecule has 4 saturated carbocycles. The van der Waals surface area contributed by atoms with E-state index in [1.165, 1.54) is 0 Å². The summed E-state index contributed by atoms with van der Waals surface area (Å²) in [5, 5.41) is 11.4. The smallest absolute Gasteiger partial charge is 0.314 e. The van der Waals surface area contributed by atoms with E-state index < -0.39 is 87.1 Å². The lowest BCUT2D eigenvalue weighted by molar-refractivity contribution is -0.226. The molecule has 0 radical (unpaired) electrons. The lowest BCUT2D eigenvalue weighted by atomic mass is 9.52. The molecule has 0 aromatic carbocycles. The highest BCUT2D eigenvalue weighted by Gasteiger charge is 2.62. The molecule has 4 aliphatic carbocycles. The predicted molar refractivity (Wildman–Crippen MR) is 229 cm³/mol. The van der Waals surface area contributed by atoms with Gasteiger partial charge in [-0.1, -0.05) is 20.8 Å². The van der Waals surface area contributed by atoms with Gasteiger partial charge in [-0.3, -0.25) is 24.0 Å². The molecule has 5 aliphatic rings. The molecule has 1 heterocycles. The third-order valence-electron chi connectivity index (χ3n) is 14.1. The van der Waals surface area contributed by atoms with Crippen LogP contribution in [0.5, 0.6) is 0 Å². The highest BCUT2D eigenvalue weighted by atomic mass is 16.7. The van der Waals surface area contributed by atoms with E-state index in [1.54, 1.807) is 55.4 Å². The molecule has 9 unspecified atom stereocenters. The van der Waals surface area contributed by atoms with Gasteiger partial charge in [-0.15, -0.1) is 0 Å². The predicted octanol–water partition coefficient (Wildman–Crippen LogP) is 8.51. The minimum absolute atomic E-state index is 0.0169. The Balaban J connectivity index is 1.54. The Morgan fingerprint density at radius 3 is 1.68 bits per heavy atom. The normalized spacial score (nSPS) is 30.4. The Labute approximate surface area is 370 Å². The van der Waals surface area contributed by atoms with Crippen molar-refractivity contribution in [3.63, 3.8) is 0 Å². The average Bonchev–Trinajstić information content (AvgIpc) is 3.42.